The Hall–Kier alpha value is -3.65. The molecule has 0 N–H and O–H groups in total. The summed E-state index contributed by atoms with van der Waals surface area (Å²) >= 11 is 0. The van der Waals surface area contributed by atoms with Gasteiger partial charge in [0.15, 0.2) is 0 Å². The van der Waals surface area contributed by atoms with Crippen LogP contribution in [0.1, 0.15) is 0 Å². The minimum atomic E-state index is 0.997. The Morgan fingerprint density at radius 3 is 2.03 bits per heavy atom. The predicted octanol–water partition coefficient (Wildman–Crippen LogP) is 6.79. The molecule has 0 spiro atoms. The van der Waals surface area contributed by atoms with E-state index in [9.17, 15) is 0 Å². The molecular weight excluding hydrogens is 352 g/mol. The van der Waals surface area contributed by atoms with E-state index in [4.69, 9.17) is 4.98 Å². The van der Waals surface area contributed by atoms with Gasteiger partial charge in [-0.05, 0) is 40.6 Å². The van der Waals surface area contributed by atoms with Gasteiger partial charge < -0.3 is 4.90 Å². The lowest BCUT2D eigenvalue weighted by atomic mass is 9.95. The number of pyridine rings is 1. The highest BCUT2D eigenvalue weighted by Gasteiger charge is 2.14. The van der Waals surface area contributed by atoms with E-state index in [1.54, 1.807) is 0 Å². The Balaban J connectivity index is 1.89. The fraction of sp³-hybridized carbons (Fsp3) is 0.0741. The van der Waals surface area contributed by atoms with E-state index < -0.39 is 0 Å². The second kappa shape index (κ2) is 7.06. The Kier molecular flexibility index (Phi) is 4.25. The first-order valence-electron chi connectivity index (χ1n) is 9.86. The van der Waals surface area contributed by atoms with E-state index in [1.807, 2.05) is 6.07 Å². The summed E-state index contributed by atoms with van der Waals surface area (Å²) in [5.41, 5.74) is 6.78. The van der Waals surface area contributed by atoms with Crippen LogP contribution < -0.4 is 4.90 Å². The third kappa shape index (κ3) is 3.13. The van der Waals surface area contributed by atoms with Crippen molar-refractivity contribution in [3.63, 3.8) is 0 Å². The molecule has 0 aliphatic heterocycles. The minimum Gasteiger partial charge on any atom is -0.377 e. The van der Waals surface area contributed by atoms with Crippen molar-refractivity contribution in [2.24, 2.45) is 0 Å². The van der Waals surface area contributed by atoms with Crippen LogP contribution in [0.5, 0.6) is 0 Å². The molecule has 4 aromatic carbocycles. The average Bonchev–Trinajstić information content (AvgIpc) is 2.77. The van der Waals surface area contributed by atoms with Crippen LogP contribution in [-0.2, 0) is 0 Å². The van der Waals surface area contributed by atoms with Crippen LogP contribution in [0.15, 0.2) is 97.1 Å². The van der Waals surface area contributed by atoms with Crippen LogP contribution in [-0.4, -0.2) is 19.1 Å². The summed E-state index contributed by atoms with van der Waals surface area (Å²) in [7, 11) is 4.19. The highest BCUT2D eigenvalue weighted by molar-refractivity contribution is 6.06. The molecule has 0 aliphatic rings. The molecule has 0 fully saturated rings. The highest BCUT2D eigenvalue weighted by atomic mass is 15.1. The number of anilines is 1. The van der Waals surface area contributed by atoms with E-state index in [0.717, 1.165) is 16.8 Å². The molecule has 0 bridgehead atoms. The molecule has 0 aliphatic carbocycles. The lowest BCUT2D eigenvalue weighted by Gasteiger charge is -2.19. The fourth-order valence-electron chi connectivity index (χ4n) is 3.98. The van der Waals surface area contributed by atoms with Gasteiger partial charge in [-0.15, -0.1) is 0 Å². The molecule has 0 unspecified atom stereocenters. The van der Waals surface area contributed by atoms with Gasteiger partial charge in [-0.2, -0.15) is 0 Å². The van der Waals surface area contributed by atoms with E-state index in [2.05, 4.69) is 110 Å². The first kappa shape index (κ1) is 17.4. The van der Waals surface area contributed by atoms with Crippen molar-refractivity contribution >= 4 is 27.4 Å². The minimum absolute atomic E-state index is 0.997. The SMILES string of the molecule is CN(C)c1ccccc1-c1cc(-c2ccccc2)nc2cc3ccccc3cc12. The summed E-state index contributed by atoms with van der Waals surface area (Å²) in [5, 5.41) is 3.63. The number of rotatable bonds is 3. The maximum atomic E-state index is 5.04. The van der Waals surface area contributed by atoms with Gasteiger partial charge in [0.25, 0.3) is 0 Å². The first-order chi connectivity index (χ1) is 14.2. The van der Waals surface area contributed by atoms with Crippen molar-refractivity contribution in [3.05, 3.63) is 97.1 Å². The third-order valence-corrected chi connectivity index (χ3v) is 5.42. The van der Waals surface area contributed by atoms with Crippen LogP contribution in [0, 0.1) is 0 Å². The van der Waals surface area contributed by atoms with Gasteiger partial charge in [0, 0.05) is 36.3 Å². The van der Waals surface area contributed by atoms with Crippen molar-refractivity contribution in [1.82, 2.24) is 4.98 Å². The second-order valence-electron chi connectivity index (χ2n) is 7.55. The number of hydrogen-bond donors (Lipinski definition) is 0. The number of fused-ring (bicyclic) bond motifs is 2. The zero-order chi connectivity index (χ0) is 19.8. The van der Waals surface area contributed by atoms with E-state index in [0.29, 0.717) is 0 Å². The molecule has 0 amide bonds. The van der Waals surface area contributed by atoms with Gasteiger partial charge in [0.1, 0.15) is 0 Å². The van der Waals surface area contributed by atoms with E-state index >= 15 is 0 Å². The van der Waals surface area contributed by atoms with E-state index in [1.165, 1.54) is 33.0 Å². The van der Waals surface area contributed by atoms with Crippen LogP contribution in [0.4, 0.5) is 5.69 Å². The summed E-state index contributed by atoms with van der Waals surface area (Å²) < 4.78 is 0. The van der Waals surface area contributed by atoms with Crippen molar-refractivity contribution in [1.29, 1.82) is 0 Å². The molecule has 0 radical (unpaired) electrons. The maximum absolute atomic E-state index is 5.04. The Morgan fingerprint density at radius 2 is 1.28 bits per heavy atom. The van der Waals surface area contributed by atoms with Gasteiger partial charge in [0.2, 0.25) is 0 Å². The smallest absolute Gasteiger partial charge is 0.0722 e. The normalized spacial score (nSPS) is 11.1. The number of aromatic nitrogens is 1. The van der Waals surface area contributed by atoms with Gasteiger partial charge in [-0.1, -0.05) is 72.8 Å². The monoisotopic (exact) mass is 374 g/mol. The van der Waals surface area contributed by atoms with Crippen molar-refractivity contribution in [3.8, 4) is 22.4 Å². The van der Waals surface area contributed by atoms with Crippen molar-refractivity contribution in [2.75, 3.05) is 19.0 Å². The second-order valence-corrected chi connectivity index (χ2v) is 7.55. The number of para-hydroxylation sites is 1. The quantitative estimate of drug-likeness (QED) is 0.323. The zero-order valence-corrected chi connectivity index (χ0v) is 16.6. The molecule has 140 valence electrons. The predicted molar refractivity (Wildman–Crippen MR) is 124 cm³/mol. The molecule has 0 atom stereocenters. The standard InChI is InChI=1S/C27H22N2/c1-29(2)27-15-9-8-14-22(27)23-18-25(19-10-4-3-5-11-19)28-26-17-21-13-7-6-12-20(21)16-24(23)26/h3-18H,1-2H3. The van der Waals surface area contributed by atoms with Gasteiger partial charge in [0.05, 0.1) is 11.2 Å². The van der Waals surface area contributed by atoms with Crippen LogP contribution in [0.3, 0.4) is 0 Å². The molecular formula is C27H22N2. The molecule has 29 heavy (non-hydrogen) atoms. The molecule has 2 heteroatoms. The number of benzene rings is 4. The Morgan fingerprint density at radius 1 is 0.621 bits per heavy atom. The average molecular weight is 374 g/mol. The van der Waals surface area contributed by atoms with Crippen LogP contribution in [0.2, 0.25) is 0 Å². The lowest BCUT2D eigenvalue weighted by Crippen LogP contribution is -2.09. The summed E-state index contributed by atoms with van der Waals surface area (Å²) in [6.07, 6.45) is 0. The third-order valence-electron chi connectivity index (χ3n) is 5.42. The molecule has 5 rings (SSSR count). The zero-order valence-electron chi connectivity index (χ0n) is 16.6. The molecule has 0 saturated carbocycles. The molecule has 1 heterocycles. The highest BCUT2D eigenvalue weighted by Crippen LogP contribution is 2.38. The first-order valence-corrected chi connectivity index (χ1v) is 9.86. The van der Waals surface area contributed by atoms with Gasteiger partial charge in [-0.3, -0.25) is 0 Å². The summed E-state index contributed by atoms with van der Waals surface area (Å²) in [6.45, 7) is 0. The van der Waals surface area contributed by atoms with Crippen molar-refractivity contribution < 1.29 is 0 Å². The maximum Gasteiger partial charge on any atom is 0.0722 e. The Bertz CT molecular complexity index is 1320. The van der Waals surface area contributed by atoms with Crippen molar-refractivity contribution in [2.45, 2.75) is 0 Å². The number of hydrogen-bond acceptors (Lipinski definition) is 2. The molecule has 0 saturated heterocycles. The molecule has 1 aromatic heterocycles. The largest absolute Gasteiger partial charge is 0.377 e. The lowest BCUT2D eigenvalue weighted by molar-refractivity contribution is 1.13. The van der Waals surface area contributed by atoms with E-state index in [-0.39, 0.29) is 0 Å². The number of nitrogens with zero attached hydrogens (tertiary/aromatic N) is 2. The van der Waals surface area contributed by atoms with Gasteiger partial charge in [-0.25, -0.2) is 4.98 Å². The summed E-state index contributed by atoms with van der Waals surface area (Å²) in [4.78, 5) is 7.21. The summed E-state index contributed by atoms with van der Waals surface area (Å²) in [6, 6.07) is 34.2. The fourth-order valence-corrected chi connectivity index (χ4v) is 3.98. The molecule has 5 aromatic rings. The van der Waals surface area contributed by atoms with Crippen LogP contribution >= 0.6 is 0 Å². The van der Waals surface area contributed by atoms with Crippen LogP contribution in [0.25, 0.3) is 44.1 Å². The summed E-state index contributed by atoms with van der Waals surface area (Å²) in [5.74, 6) is 0. The van der Waals surface area contributed by atoms with Gasteiger partial charge >= 0.3 is 0 Å². The molecule has 2 nitrogen and oxygen atoms in total. The topological polar surface area (TPSA) is 16.1 Å². The Labute approximate surface area is 171 Å².